The molecular weight excluding hydrogens is 192 g/mol. The molecular formula is C11H24N2O2. The lowest BCUT2D eigenvalue weighted by atomic mass is 9.79. The standard InChI is InChI=1S/C11H24N2O2/c1-3-15-11(7-5-4-6-8-11)10(13-12)9-14-2/h10,13H,3-9,12H2,1-2H3. The maximum absolute atomic E-state index is 5.95. The first-order chi connectivity index (χ1) is 7.29. The first kappa shape index (κ1) is 12.9. The van der Waals surface area contributed by atoms with E-state index < -0.39 is 0 Å². The summed E-state index contributed by atoms with van der Waals surface area (Å²) >= 11 is 0. The molecule has 15 heavy (non-hydrogen) atoms. The number of nitrogens with two attached hydrogens (primary N) is 1. The molecule has 0 saturated heterocycles. The molecule has 1 unspecified atom stereocenters. The lowest BCUT2D eigenvalue weighted by Gasteiger charge is -2.42. The van der Waals surface area contributed by atoms with Crippen LogP contribution < -0.4 is 11.3 Å². The summed E-state index contributed by atoms with van der Waals surface area (Å²) in [6, 6.07) is 0.0998. The molecule has 90 valence electrons. The van der Waals surface area contributed by atoms with Crippen molar-refractivity contribution in [2.24, 2.45) is 5.84 Å². The molecule has 0 aromatic rings. The molecule has 0 spiro atoms. The van der Waals surface area contributed by atoms with Gasteiger partial charge in [0.25, 0.3) is 0 Å². The highest BCUT2D eigenvalue weighted by atomic mass is 16.5. The molecule has 4 heteroatoms. The summed E-state index contributed by atoms with van der Waals surface area (Å²) in [4.78, 5) is 0. The summed E-state index contributed by atoms with van der Waals surface area (Å²) in [5.74, 6) is 5.60. The van der Waals surface area contributed by atoms with Gasteiger partial charge in [0.15, 0.2) is 0 Å². The molecule has 3 N–H and O–H groups in total. The number of methoxy groups -OCH3 is 1. The molecule has 1 saturated carbocycles. The van der Waals surface area contributed by atoms with E-state index in [1.54, 1.807) is 7.11 Å². The number of ether oxygens (including phenoxy) is 2. The first-order valence-corrected chi connectivity index (χ1v) is 5.88. The van der Waals surface area contributed by atoms with E-state index in [2.05, 4.69) is 5.43 Å². The summed E-state index contributed by atoms with van der Waals surface area (Å²) in [6.45, 7) is 3.38. The largest absolute Gasteiger partial charge is 0.383 e. The van der Waals surface area contributed by atoms with Crippen LogP contribution in [0.1, 0.15) is 39.0 Å². The average molecular weight is 216 g/mol. The summed E-state index contributed by atoms with van der Waals surface area (Å²) in [5.41, 5.74) is 2.74. The minimum atomic E-state index is -0.113. The first-order valence-electron chi connectivity index (χ1n) is 5.88. The van der Waals surface area contributed by atoms with E-state index in [0.717, 1.165) is 19.4 Å². The average Bonchev–Trinajstić information content (AvgIpc) is 2.27. The molecule has 0 radical (unpaired) electrons. The van der Waals surface area contributed by atoms with Gasteiger partial charge in [-0.15, -0.1) is 0 Å². The van der Waals surface area contributed by atoms with Gasteiger partial charge in [-0.05, 0) is 19.8 Å². The van der Waals surface area contributed by atoms with E-state index in [0.29, 0.717) is 6.61 Å². The zero-order valence-corrected chi connectivity index (χ0v) is 9.92. The van der Waals surface area contributed by atoms with Crippen molar-refractivity contribution < 1.29 is 9.47 Å². The topological polar surface area (TPSA) is 56.5 Å². The Morgan fingerprint density at radius 1 is 1.33 bits per heavy atom. The van der Waals surface area contributed by atoms with Crippen LogP contribution in [0.5, 0.6) is 0 Å². The second-order valence-electron chi connectivity index (χ2n) is 4.23. The lowest BCUT2D eigenvalue weighted by Crippen LogP contribution is -2.58. The third kappa shape index (κ3) is 3.14. The van der Waals surface area contributed by atoms with Gasteiger partial charge >= 0.3 is 0 Å². The predicted molar refractivity (Wildman–Crippen MR) is 60.4 cm³/mol. The highest BCUT2D eigenvalue weighted by Crippen LogP contribution is 2.34. The minimum absolute atomic E-state index is 0.0998. The third-order valence-corrected chi connectivity index (χ3v) is 3.30. The molecule has 0 aromatic carbocycles. The quantitative estimate of drug-likeness (QED) is 0.517. The van der Waals surface area contributed by atoms with E-state index in [1.165, 1.54) is 19.3 Å². The van der Waals surface area contributed by atoms with Gasteiger partial charge in [0, 0.05) is 13.7 Å². The van der Waals surface area contributed by atoms with Crippen molar-refractivity contribution in [1.29, 1.82) is 0 Å². The smallest absolute Gasteiger partial charge is 0.0870 e. The maximum atomic E-state index is 5.95. The van der Waals surface area contributed by atoms with E-state index in [9.17, 15) is 0 Å². The van der Waals surface area contributed by atoms with Crippen molar-refractivity contribution in [3.05, 3.63) is 0 Å². The number of rotatable bonds is 6. The molecule has 0 aliphatic heterocycles. The van der Waals surface area contributed by atoms with Crippen LogP contribution >= 0.6 is 0 Å². The fraction of sp³-hybridized carbons (Fsp3) is 1.00. The van der Waals surface area contributed by atoms with Gasteiger partial charge in [0.2, 0.25) is 0 Å². The van der Waals surface area contributed by atoms with Gasteiger partial charge in [0.05, 0.1) is 18.2 Å². The monoisotopic (exact) mass is 216 g/mol. The molecule has 1 fully saturated rings. The summed E-state index contributed by atoms with van der Waals surface area (Å²) in [6.07, 6.45) is 5.92. The molecule has 0 heterocycles. The van der Waals surface area contributed by atoms with Gasteiger partial charge < -0.3 is 9.47 Å². The Morgan fingerprint density at radius 2 is 2.00 bits per heavy atom. The summed E-state index contributed by atoms with van der Waals surface area (Å²) in [7, 11) is 1.70. The second kappa shape index (κ2) is 6.43. The van der Waals surface area contributed by atoms with Gasteiger partial charge in [0.1, 0.15) is 0 Å². The van der Waals surface area contributed by atoms with Crippen molar-refractivity contribution >= 4 is 0 Å². The van der Waals surface area contributed by atoms with Crippen LogP contribution in [-0.2, 0) is 9.47 Å². The molecule has 1 aliphatic rings. The fourth-order valence-electron chi connectivity index (χ4n) is 2.55. The molecule has 4 nitrogen and oxygen atoms in total. The second-order valence-corrected chi connectivity index (χ2v) is 4.23. The molecule has 0 bridgehead atoms. The Labute approximate surface area is 92.5 Å². The van der Waals surface area contributed by atoms with Crippen LogP contribution in [0, 0.1) is 0 Å². The van der Waals surface area contributed by atoms with Crippen molar-refractivity contribution in [1.82, 2.24) is 5.43 Å². The third-order valence-electron chi connectivity index (χ3n) is 3.30. The van der Waals surface area contributed by atoms with E-state index in [1.807, 2.05) is 6.92 Å². The zero-order chi connectivity index (χ0) is 11.1. The molecule has 0 aromatic heterocycles. The van der Waals surface area contributed by atoms with Crippen LogP contribution in [0.15, 0.2) is 0 Å². The van der Waals surface area contributed by atoms with Gasteiger partial charge in [-0.3, -0.25) is 11.3 Å². The van der Waals surface area contributed by atoms with Crippen molar-refractivity contribution in [2.45, 2.75) is 50.7 Å². The highest BCUT2D eigenvalue weighted by Gasteiger charge is 2.40. The number of hydrogen-bond donors (Lipinski definition) is 2. The molecule has 1 atom stereocenters. The Kier molecular flexibility index (Phi) is 5.53. The zero-order valence-electron chi connectivity index (χ0n) is 9.92. The van der Waals surface area contributed by atoms with Crippen LogP contribution in [0.4, 0.5) is 0 Å². The Balaban J connectivity index is 2.67. The van der Waals surface area contributed by atoms with Crippen LogP contribution in [0.3, 0.4) is 0 Å². The number of hydrogen-bond acceptors (Lipinski definition) is 4. The highest BCUT2D eigenvalue weighted by molar-refractivity contribution is 4.94. The fourth-order valence-corrected chi connectivity index (χ4v) is 2.55. The van der Waals surface area contributed by atoms with Gasteiger partial charge in [-0.25, -0.2) is 0 Å². The molecule has 1 rings (SSSR count). The summed E-state index contributed by atoms with van der Waals surface area (Å²) < 4.78 is 11.2. The van der Waals surface area contributed by atoms with Crippen LogP contribution in [-0.4, -0.2) is 32.0 Å². The normalized spacial score (nSPS) is 22.6. The molecule has 1 aliphatic carbocycles. The Hall–Kier alpha value is -0.160. The van der Waals surface area contributed by atoms with Crippen LogP contribution in [0.2, 0.25) is 0 Å². The van der Waals surface area contributed by atoms with Gasteiger partial charge in [-0.2, -0.15) is 0 Å². The number of hydrazine groups is 1. The van der Waals surface area contributed by atoms with E-state index >= 15 is 0 Å². The Morgan fingerprint density at radius 3 is 2.47 bits per heavy atom. The van der Waals surface area contributed by atoms with Crippen molar-refractivity contribution in [3.63, 3.8) is 0 Å². The Bertz CT molecular complexity index is 164. The SMILES string of the molecule is CCOC1(C(COC)NN)CCCCC1. The minimum Gasteiger partial charge on any atom is -0.383 e. The van der Waals surface area contributed by atoms with Crippen molar-refractivity contribution in [3.8, 4) is 0 Å². The van der Waals surface area contributed by atoms with E-state index in [4.69, 9.17) is 15.3 Å². The lowest BCUT2D eigenvalue weighted by molar-refractivity contribution is -0.102. The maximum Gasteiger partial charge on any atom is 0.0870 e. The van der Waals surface area contributed by atoms with Crippen molar-refractivity contribution in [2.75, 3.05) is 20.3 Å². The predicted octanol–water partition coefficient (Wildman–Crippen LogP) is 1.20. The van der Waals surface area contributed by atoms with Gasteiger partial charge in [-0.1, -0.05) is 19.3 Å². The number of nitrogens with one attached hydrogen (secondary N) is 1. The van der Waals surface area contributed by atoms with Crippen LogP contribution in [0.25, 0.3) is 0 Å². The summed E-state index contributed by atoms with van der Waals surface area (Å²) in [5, 5.41) is 0. The molecule has 0 amide bonds. The van der Waals surface area contributed by atoms with E-state index in [-0.39, 0.29) is 11.6 Å².